The maximum atomic E-state index is 12.8. The second kappa shape index (κ2) is 13.5. The Hall–Kier alpha value is -2.33. The first-order chi connectivity index (χ1) is 16.1. The van der Waals surface area contributed by atoms with Crippen molar-refractivity contribution in [1.82, 2.24) is 10.7 Å². The van der Waals surface area contributed by atoms with E-state index in [4.69, 9.17) is 21.1 Å². The molecule has 2 rings (SSSR count). The van der Waals surface area contributed by atoms with Crippen LogP contribution in [0.2, 0.25) is 5.02 Å². The normalized spacial score (nSPS) is 12.1. The second-order valence-electron chi connectivity index (χ2n) is 8.33. The molecule has 0 saturated carbocycles. The fourth-order valence-electron chi connectivity index (χ4n) is 3.07. The predicted molar refractivity (Wildman–Crippen MR) is 144 cm³/mol. The number of rotatable bonds is 11. The molecule has 1 unspecified atom stereocenters. The van der Waals surface area contributed by atoms with Crippen LogP contribution in [0, 0.1) is 9.49 Å². The Labute approximate surface area is 219 Å². The van der Waals surface area contributed by atoms with Crippen molar-refractivity contribution in [2.24, 2.45) is 11.0 Å². The highest BCUT2D eigenvalue weighted by molar-refractivity contribution is 14.1. The molecule has 9 heteroatoms. The molecule has 2 aromatic carbocycles. The average Bonchev–Trinajstić information content (AvgIpc) is 2.75. The van der Waals surface area contributed by atoms with Gasteiger partial charge in [-0.2, -0.15) is 5.10 Å². The minimum Gasteiger partial charge on any atom is -0.490 e. The molecule has 0 heterocycles. The maximum absolute atomic E-state index is 12.8. The molecular weight excluding hydrogens is 569 g/mol. The van der Waals surface area contributed by atoms with Crippen LogP contribution in [0.3, 0.4) is 0 Å². The van der Waals surface area contributed by atoms with Crippen LogP contribution in [0.1, 0.15) is 57.0 Å². The maximum Gasteiger partial charge on any atom is 0.262 e. The summed E-state index contributed by atoms with van der Waals surface area (Å²) in [6.45, 7) is 10.3. The van der Waals surface area contributed by atoms with E-state index < -0.39 is 11.9 Å². The summed E-state index contributed by atoms with van der Waals surface area (Å²) in [7, 11) is 0. The van der Waals surface area contributed by atoms with Crippen molar-refractivity contribution >= 4 is 52.2 Å². The Kier molecular flexibility index (Phi) is 11.1. The van der Waals surface area contributed by atoms with Crippen LogP contribution in [0.25, 0.3) is 0 Å². The van der Waals surface area contributed by atoms with Gasteiger partial charge in [0.1, 0.15) is 6.04 Å². The molecule has 0 aliphatic heterocycles. The van der Waals surface area contributed by atoms with Crippen LogP contribution in [0.4, 0.5) is 0 Å². The quantitative estimate of drug-likeness (QED) is 0.205. The zero-order valence-corrected chi connectivity index (χ0v) is 22.9. The molecule has 2 aromatic rings. The van der Waals surface area contributed by atoms with Gasteiger partial charge in [0.25, 0.3) is 11.8 Å². The number of carbonyl (C=O) groups excluding carboxylic acids is 2. The van der Waals surface area contributed by atoms with E-state index in [1.54, 1.807) is 24.3 Å². The van der Waals surface area contributed by atoms with E-state index in [-0.39, 0.29) is 17.9 Å². The molecule has 34 heavy (non-hydrogen) atoms. The van der Waals surface area contributed by atoms with Crippen molar-refractivity contribution in [1.29, 1.82) is 0 Å². The van der Waals surface area contributed by atoms with Crippen molar-refractivity contribution in [3.8, 4) is 11.5 Å². The highest BCUT2D eigenvalue weighted by Gasteiger charge is 2.22. The Morgan fingerprint density at radius 2 is 1.82 bits per heavy atom. The fourth-order valence-corrected chi connectivity index (χ4v) is 3.95. The van der Waals surface area contributed by atoms with Crippen LogP contribution in [-0.2, 0) is 4.79 Å². The van der Waals surface area contributed by atoms with Gasteiger partial charge in [-0.3, -0.25) is 9.59 Å². The van der Waals surface area contributed by atoms with Crippen LogP contribution in [-0.4, -0.2) is 36.8 Å². The van der Waals surface area contributed by atoms with Gasteiger partial charge in [0.2, 0.25) is 0 Å². The molecular formula is C25H31ClIN3O4. The lowest BCUT2D eigenvalue weighted by molar-refractivity contribution is -0.123. The summed E-state index contributed by atoms with van der Waals surface area (Å²) in [6, 6.07) is 9.47. The highest BCUT2D eigenvalue weighted by Crippen LogP contribution is 2.34. The standard InChI is InChI=1S/C25H31ClIN3O4/c1-6-33-22-13-17(12-20(27)23(22)34-16(4)5)14-28-30-25(32)21(11-15(2)3)29-24(31)18-7-9-19(26)10-8-18/h7-10,12-16,21H,6,11H2,1-5H3,(H,29,31)(H,30,32)/b28-14+. The molecule has 0 spiro atoms. The SMILES string of the molecule is CCOc1cc(/C=N/NC(=O)C(CC(C)C)NC(=O)c2ccc(Cl)cc2)cc(I)c1OC(C)C. The molecule has 0 aliphatic rings. The molecule has 2 amide bonds. The van der Waals surface area contributed by atoms with Crippen molar-refractivity contribution < 1.29 is 19.1 Å². The van der Waals surface area contributed by atoms with E-state index in [0.717, 1.165) is 9.13 Å². The number of hydrogen-bond acceptors (Lipinski definition) is 5. The van der Waals surface area contributed by atoms with Crippen molar-refractivity contribution in [2.45, 2.75) is 53.2 Å². The summed E-state index contributed by atoms with van der Waals surface area (Å²) in [6.07, 6.45) is 2.01. The number of benzene rings is 2. The Morgan fingerprint density at radius 1 is 1.15 bits per heavy atom. The van der Waals surface area contributed by atoms with Gasteiger partial charge < -0.3 is 14.8 Å². The molecule has 0 aliphatic carbocycles. The summed E-state index contributed by atoms with van der Waals surface area (Å²) in [5.74, 6) is 0.739. The van der Waals surface area contributed by atoms with E-state index in [1.807, 2.05) is 46.8 Å². The number of amides is 2. The topological polar surface area (TPSA) is 89.0 Å². The molecule has 0 bridgehead atoms. The van der Waals surface area contributed by atoms with Gasteiger partial charge in [-0.15, -0.1) is 0 Å². The van der Waals surface area contributed by atoms with E-state index in [9.17, 15) is 9.59 Å². The molecule has 0 saturated heterocycles. The molecule has 0 radical (unpaired) electrons. The van der Waals surface area contributed by atoms with Crippen LogP contribution in [0.5, 0.6) is 11.5 Å². The monoisotopic (exact) mass is 599 g/mol. The number of hydrogen-bond donors (Lipinski definition) is 2. The van der Waals surface area contributed by atoms with Crippen molar-refractivity contribution in [3.05, 3.63) is 56.1 Å². The zero-order chi connectivity index (χ0) is 25.3. The molecule has 2 N–H and O–H groups in total. The Balaban J connectivity index is 2.12. The summed E-state index contributed by atoms with van der Waals surface area (Å²) in [4.78, 5) is 25.4. The number of halogens is 2. The predicted octanol–water partition coefficient (Wildman–Crippen LogP) is 5.43. The molecule has 0 fully saturated rings. The highest BCUT2D eigenvalue weighted by atomic mass is 127. The van der Waals surface area contributed by atoms with Gasteiger partial charge in [-0.25, -0.2) is 5.43 Å². The number of carbonyl (C=O) groups is 2. The summed E-state index contributed by atoms with van der Waals surface area (Å²) in [5, 5.41) is 7.42. The molecule has 184 valence electrons. The largest absolute Gasteiger partial charge is 0.490 e. The average molecular weight is 600 g/mol. The minimum absolute atomic E-state index is 0.00695. The van der Waals surface area contributed by atoms with Gasteiger partial charge >= 0.3 is 0 Å². The third-order valence-electron chi connectivity index (χ3n) is 4.51. The van der Waals surface area contributed by atoms with Crippen molar-refractivity contribution in [3.63, 3.8) is 0 Å². The van der Waals surface area contributed by atoms with E-state index >= 15 is 0 Å². The second-order valence-corrected chi connectivity index (χ2v) is 9.92. The summed E-state index contributed by atoms with van der Waals surface area (Å²) in [5.41, 5.74) is 3.71. The van der Waals surface area contributed by atoms with E-state index in [2.05, 4.69) is 38.4 Å². The zero-order valence-electron chi connectivity index (χ0n) is 20.0. The van der Waals surface area contributed by atoms with Gasteiger partial charge in [0, 0.05) is 10.6 Å². The molecule has 0 aromatic heterocycles. The van der Waals surface area contributed by atoms with Crippen LogP contribution < -0.4 is 20.2 Å². The molecule has 7 nitrogen and oxygen atoms in total. The Morgan fingerprint density at radius 3 is 2.41 bits per heavy atom. The molecule has 1 atom stereocenters. The number of ether oxygens (including phenoxy) is 2. The van der Waals surface area contributed by atoms with Crippen LogP contribution >= 0.6 is 34.2 Å². The first-order valence-corrected chi connectivity index (χ1v) is 12.6. The van der Waals surface area contributed by atoms with Gasteiger partial charge in [0.05, 0.1) is 22.5 Å². The summed E-state index contributed by atoms with van der Waals surface area (Å²) < 4.78 is 12.5. The minimum atomic E-state index is -0.735. The number of nitrogens with zero attached hydrogens (tertiary/aromatic N) is 1. The Bertz CT molecular complexity index is 1010. The summed E-state index contributed by atoms with van der Waals surface area (Å²) >= 11 is 8.07. The van der Waals surface area contributed by atoms with E-state index in [0.29, 0.717) is 35.1 Å². The van der Waals surface area contributed by atoms with Gasteiger partial charge in [-0.05, 0) is 97.7 Å². The lowest BCUT2D eigenvalue weighted by atomic mass is 10.0. The fraction of sp³-hybridized carbons (Fsp3) is 0.400. The van der Waals surface area contributed by atoms with Crippen LogP contribution in [0.15, 0.2) is 41.5 Å². The first-order valence-electron chi connectivity index (χ1n) is 11.1. The number of hydrazone groups is 1. The smallest absolute Gasteiger partial charge is 0.262 e. The van der Waals surface area contributed by atoms with E-state index in [1.165, 1.54) is 6.21 Å². The van der Waals surface area contributed by atoms with Gasteiger partial charge in [-0.1, -0.05) is 25.4 Å². The number of nitrogens with one attached hydrogen (secondary N) is 2. The third-order valence-corrected chi connectivity index (χ3v) is 5.56. The third kappa shape index (κ3) is 8.79. The lowest BCUT2D eigenvalue weighted by Gasteiger charge is -2.19. The lowest BCUT2D eigenvalue weighted by Crippen LogP contribution is -2.46. The van der Waals surface area contributed by atoms with Crippen molar-refractivity contribution in [2.75, 3.05) is 6.61 Å². The van der Waals surface area contributed by atoms with Gasteiger partial charge in [0.15, 0.2) is 11.5 Å². The first kappa shape index (κ1) is 27.9.